The molecule has 34 heavy (non-hydrogen) atoms. The van der Waals surface area contributed by atoms with Crippen molar-refractivity contribution in [3.8, 4) is 11.4 Å². The summed E-state index contributed by atoms with van der Waals surface area (Å²) in [5, 5.41) is 25.5. The van der Waals surface area contributed by atoms with Crippen LogP contribution in [0.5, 0.6) is 5.75 Å². The van der Waals surface area contributed by atoms with Crippen molar-refractivity contribution in [3.05, 3.63) is 94.0 Å². The summed E-state index contributed by atoms with van der Waals surface area (Å²) in [6, 6.07) is 21.6. The van der Waals surface area contributed by atoms with E-state index in [0.29, 0.717) is 16.7 Å². The van der Waals surface area contributed by atoms with Crippen LogP contribution >= 0.6 is 0 Å². The Morgan fingerprint density at radius 3 is 2.50 bits per heavy atom. The Morgan fingerprint density at radius 1 is 1.00 bits per heavy atom. The summed E-state index contributed by atoms with van der Waals surface area (Å²) >= 11 is 0. The number of carbonyl (C=O) groups excluding carboxylic acids is 1. The van der Waals surface area contributed by atoms with E-state index in [1.54, 1.807) is 10.9 Å². The fourth-order valence-electron chi connectivity index (χ4n) is 3.86. The van der Waals surface area contributed by atoms with Crippen LogP contribution in [0.4, 0.5) is 11.4 Å². The minimum absolute atomic E-state index is 0.0872. The number of aromatic nitrogens is 3. The normalized spacial score (nSPS) is 11.0. The molecule has 4 aromatic carbocycles. The highest BCUT2D eigenvalue weighted by atomic mass is 16.6. The summed E-state index contributed by atoms with van der Waals surface area (Å²) in [5.74, 6) is -0.390. The van der Waals surface area contributed by atoms with Crippen molar-refractivity contribution in [1.29, 1.82) is 0 Å². The van der Waals surface area contributed by atoms with Crippen LogP contribution in [-0.4, -0.2) is 32.9 Å². The number of ether oxygens (including phenoxy) is 1. The fourth-order valence-corrected chi connectivity index (χ4v) is 3.86. The van der Waals surface area contributed by atoms with Crippen LogP contribution in [0.1, 0.15) is 15.9 Å². The van der Waals surface area contributed by atoms with E-state index in [4.69, 9.17) is 4.74 Å². The van der Waals surface area contributed by atoms with E-state index in [0.717, 1.165) is 22.0 Å². The molecule has 0 spiro atoms. The number of nitrogens with one attached hydrogen (secondary N) is 1. The Bertz CT molecular complexity index is 1590. The molecule has 5 rings (SSSR count). The predicted molar refractivity (Wildman–Crippen MR) is 129 cm³/mol. The van der Waals surface area contributed by atoms with Crippen LogP contribution in [0.3, 0.4) is 0 Å². The van der Waals surface area contributed by atoms with Crippen LogP contribution in [0.15, 0.2) is 72.8 Å². The van der Waals surface area contributed by atoms with Gasteiger partial charge in [-0.2, -0.15) is 0 Å². The first kappa shape index (κ1) is 21.1. The zero-order valence-electron chi connectivity index (χ0n) is 18.4. The molecule has 9 nitrogen and oxygen atoms in total. The minimum Gasteiger partial charge on any atom is -0.490 e. The molecule has 9 heteroatoms. The summed E-state index contributed by atoms with van der Waals surface area (Å²) in [6.07, 6.45) is 0. The molecule has 0 aliphatic carbocycles. The van der Waals surface area contributed by atoms with E-state index in [1.165, 1.54) is 25.3 Å². The molecule has 0 saturated heterocycles. The van der Waals surface area contributed by atoms with E-state index in [2.05, 4.69) is 15.5 Å². The van der Waals surface area contributed by atoms with Gasteiger partial charge in [0.05, 0.1) is 17.7 Å². The lowest BCUT2D eigenvalue weighted by molar-refractivity contribution is -0.385. The number of rotatable bonds is 5. The molecule has 1 amide bonds. The third-order valence-electron chi connectivity index (χ3n) is 5.59. The molecule has 0 bridgehead atoms. The van der Waals surface area contributed by atoms with Crippen molar-refractivity contribution in [1.82, 2.24) is 15.0 Å². The standard InChI is InChI=1S/C25H19N5O4/c1-15-12-20-21(28-29(27-20)22-9-5-7-16-6-3-4-8-18(16)22)14-19(15)26-25(31)17-10-11-24(34-2)23(13-17)30(32)33/h3-14H,1-2H3,(H,26,31). The third kappa shape index (κ3) is 3.69. The molecule has 0 unspecified atom stereocenters. The number of carbonyl (C=O) groups is 1. The maximum absolute atomic E-state index is 12.8. The Labute approximate surface area is 193 Å². The number of nitro groups is 1. The van der Waals surface area contributed by atoms with Gasteiger partial charge >= 0.3 is 5.69 Å². The number of aryl methyl sites for hydroxylation is 1. The van der Waals surface area contributed by atoms with Gasteiger partial charge < -0.3 is 10.1 Å². The van der Waals surface area contributed by atoms with Crippen LogP contribution in [0.2, 0.25) is 0 Å². The zero-order chi connectivity index (χ0) is 23.8. The summed E-state index contributed by atoms with van der Waals surface area (Å²) in [7, 11) is 1.34. The number of nitrogens with zero attached hydrogens (tertiary/aromatic N) is 4. The minimum atomic E-state index is -0.585. The number of hydrogen-bond acceptors (Lipinski definition) is 6. The molecule has 0 aliphatic heterocycles. The van der Waals surface area contributed by atoms with Crippen molar-refractivity contribution in [3.63, 3.8) is 0 Å². The molecular weight excluding hydrogens is 434 g/mol. The van der Waals surface area contributed by atoms with Crippen LogP contribution in [-0.2, 0) is 0 Å². The highest BCUT2D eigenvalue weighted by Gasteiger charge is 2.19. The Morgan fingerprint density at radius 2 is 1.74 bits per heavy atom. The SMILES string of the molecule is COc1ccc(C(=O)Nc2cc3nn(-c4cccc5ccccc45)nc3cc2C)cc1[N+](=O)[O-]. The molecular formula is C25H19N5O4. The van der Waals surface area contributed by atoms with Gasteiger partial charge in [-0.1, -0.05) is 36.4 Å². The quantitative estimate of drug-likeness (QED) is 0.294. The van der Waals surface area contributed by atoms with Gasteiger partial charge in [-0.25, -0.2) is 0 Å². The second-order valence-electron chi connectivity index (χ2n) is 7.74. The summed E-state index contributed by atoms with van der Waals surface area (Å²) in [6.45, 7) is 1.85. The first-order chi connectivity index (χ1) is 16.4. The lowest BCUT2D eigenvalue weighted by Crippen LogP contribution is -2.13. The molecule has 0 saturated carbocycles. The van der Waals surface area contributed by atoms with Crippen LogP contribution in [0.25, 0.3) is 27.5 Å². The first-order valence-corrected chi connectivity index (χ1v) is 10.4. The summed E-state index contributed by atoms with van der Waals surface area (Å²) < 4.78 is 5.00. The Balaban J connectivity index is 1.49. The van der Waals surface area contributed by atoms with Crippen molar-refractivity contribution < 1.29 is 14.5 Å². The van der Waals surface area contributed by atoms with Crippen molar-refractivity contribution in [2.75, 3.05) is 12.4 Å². The number of fused-ring (bicyclic) bond motifs is 2. The van der Waals surface area contributed by atoms with Crippen molar-refractivity contribution in [2.24, 2.45) is 0 Å². The average Bonchev–Trinajstić information content (AvgIpc) is 3.25. The van der Waals surface area contributed by atoms with Crippen molar-refractivity contribution >= 4 is 39.1 Å². The van der Waals surface area contributed by atoms with Gasteiger partial charge in [0.1, 0.15) is 11.0 Å². The Kier molecular flexibility index (Phi) is 5.14. The van der Waals surface area contributed by atoms with Crippen LogP contribution < -0.4 is 10.1 Å². The van der Waals surface area contributed by atoms with E-state index in [-0.39, 0.29) is 17.0 Å². The number of nitro benzene ring substituents is 1. The maximum atomic E-state index is 12.8. The predicted octanol–water partition coefficient (Wildman–Crippen LogP) is 5.05. The number of benzene rings is 4. The summed E-state index contributed by atoms with van der Waals surface area (Å²) in [5.41, 5.74) is 3.34. The monoisotopic (exact) mass is 453 g/mol. The molecule has 0 radical (unpaired) electrons. The van der Waals surface area contributed by atoms with Crippen LogP contribution in [0, 0.1) is 17.0 Å². The fraction of sp³-hybridized carbons (Fsp3) is 0.0800. The van der Waals surface area contributed by atoms with E-state index < -0.39 is 10.8 Å². The number of methoxy groups -OCH3 is 1. The maximum Gasteiger partial charge on any atom is 0.311 e. The highest BCUT2D eigenvalue weighted by Crippen LogP contribution is 2.29. The number of hydrogen-bond donors (Lipinski definition) is 1. The third-order valence-corrected chi connectivity index (χ3v) is 5.59. The lowest BCUT2D eigenvalue weighted by atomic mass is 10.1. The van der Waals surface area contributed by atoms with E-state index >= 15 is 0 Å². The van der Waals surface area contributed by atoms with Gasteiger partial charge in [-0.15, -0.1) is 15.0 Å². The molecule has 0 atom stereocenters. The first-order valence-electron chi connectivity index (χ1n) is 10.4. The van der Waals surface area contributed by atoms with E-state index in [9.17, 15) is 14.9 Å². The second-order valence-corrected chi connectivity index (χ2v) is 7.74. The molecule has 168 valence electrons. The van der Waals surface area contributed by atoms with Crippen molar-refractivity contribution in [2.45, 2.75) is 6.92 Å². The van der Waals surface area contributed by atoms with Gasteiger partial charge in [0.25, 0.3) is 5.91 Å². The average molecular weight is 453 g/mol. The van der Waals surface area contributed by atoms with Gasteiger partial charge in [-0.05, 0) is 48.2 Å². The second kappa shape index (κ2) is 8.28. The smallest absolute Gasteiger partial charge is 0.311 e. The number of amides is 1. The lowest BCUT2D eigenvalue weighted by Gasteiger charge is -2.09. The molecule has 0 fully saturated rings. The molecule has 5 aromatic rings. The van der Waals surface area contributed by atoms with Gasteiger partial charge in [0, 0.05) is 22.7 Å². The topological polar surface area (TPSA) is 112 Å². The Hall–Kier alpha value is -4.79. The van der Waals surface area contributed by atoms with Gasteiger partial charge in [0.2, 0.25) is 0 Å². The molecule has 0 aliphatic rings. The van der Waals surface area contributed by atoms with Gasteiger partial charge in [-0.3, -0.25) is 14.9 Å². The molecule has 1 heterocycles. The molecule has 1 aromatic heterocycles. The summed E-state index contributed by atoms with van der Waals surface area (Å²) in [4.78, 5) is 25.1. The highest BCUT2D eigenvalue weighted by molar-refractivity contribution is 6.06. The zero-order valence-corrected chi connectivity index (χ0v) is 18.4. The van der Waals surface area contributed by atoms with E-state index in [1.807, 2.05) is 55.5 Å². The largest absolute Gasteiger partial charge is 0.490 e. The number of anilines is 1. The molecule has 1 N–H and O–H groups in total. The van der Waals surface area contributed by atoms with Gasteiger partial charge in [0.15, 0.2) is 5.75 Å².